The number of esters is 1. The number of benzene rings is 1. The maximum absolute atomic E-state index is 12.0. The van der Waals surface area contributed by atoms with Gasteiger partial charge in [-0.05, 0) is 49.0 Å². The molecule has 0 saturated heterocycles. The van der Waals surface area contributed by atoms with Crippen LogP contribution in [0.1, 0.15) is 40.3 Å². The highest BCUT2D eigenvalue weighted by atomic mass is 16.5. The first-order valence-electron chi connectivity index (χ1n) is 8.57. The smallest absolute Gasteiger partial charge is 0.310 e. The Morgan fingerprint density at radius 3 is 2.76 bits per heavy atom. The number of aromatic nitrogens is 1. The van der Waals surface area contributed by atoms with Crippen molar-refractivity contribution in [1.82, 2.24) is 9.88 Å². The Labute approximate surface area is 147 Å². The van der Waals surface area contributed by atoms with Crippen LogP contribution in [0.2, 0.25) is 0 Å². The molecule has 0 radical (unpaired) electrons. The lowest BCUT2D eigenvalue weighted by Gasteiger charge is -2.27. The van der Waals surface area contributed by atoms with Crippen LogP contribution in [0, 0.1) is 0 Å². The first kappa shape index (κ1) is 16.0. The molecular weight excluding hydrogens is 314 g/mol. The summed E-state index contributed by atoms with van der Waals surface area (Å²) in [5, 5.41) is 0. The van der Waals surface area contributed by atoms with Crippen molar-refractivity contribution in [2.24, 2.45) is 4.99 Å². The van der Waals surface area contributed by atoms with E-state index in [4.69, 9.17) is 9.73 Å². The third kappa shape index (κ3) is 3.07. The topological polar surface area (TPSA) is 54.8 Å². The second kappa shape index (κ2) is 6.41. The largest absolute Gasteiger partial charge is 0.457 e. The zero-order chi connectivity index (χ0) is 17.4. The molecule has 2 aliphatic rings. The Kier molecular flexibility index (Phi) is 4.09. The van der Waals surface area contributed by atoms with Gasteiger partial charge in [0.1, 0.15) is 6.10 Å². The number of aliphatic imine (C=N–C) groups is 1. The molecule has 0 bridgehead atoms. The average Bonchev–Trinajstić information content (AvgIpc) is 3.01. The highest BCUT2D eigenvalue weighted by Crippen LogP contribution is 2.35. The third-order valence-corrected chi connectivity index (χ3v) is 4.78. The number of hydrogen-bond donors (Lipinski definition) is 0. The van der Waals surface area contributed by atoms with Crippen molar-refractivity contribution in [1.29, 1.82) is 0 Å². The standard InChI is InChI=1S/C20H21N3O2/c1-23(2)8-5-18-16-11-17-15(9-14(16)10-19(24)25-18)12-22-20(17)13-3-6-21-7-4-13/h3-4,6-7,9,11,18H,5,8,10,12H2,1-2H3. The highest BCUT2D eigenvalue weighted by Gasteiger charge is 2.30. The average molecular weight is 335 g/mol. The molecule has 2 aliphatic heterocycles. The van der Waals surface area contributed by atoms with Crippen molar-refractivity contribution in [3.05, 3.63) is 64.5 Å². The predicted octanol–water partition coefficient (Wildman–Crippen LogP) is 2.52. The van der Waals surface area contributed by atoms with E-state index in [1.165, 1.54) is 5.56 Å². The zero-order valence-corrected chi connectivity index (χ0v) is 14.5. The van der Waals surface area contributed by atoms with Crippen LogP contribution in [0.5, 0.6) is 0 Å². The van der Waals surface area contributed by atoms with Gasteiger partial charge in [0.05, 0.1) is 18.7 Å². The van der Waals surface area contributed by atoms with Crippen molar-refractivity contribution in [2.75, 3.05) is 20.6 Å². The fourth-order valence-corrected chi connectivity index (χ4v) is 3.53. The van der Waals surface area contributed by atoms with Crippen LogP contribution in [0.3, 0.4) is 0 Å². The first-order valence-corrected chi connectivity index (χ1v) is 8.57. The summed E-state index contributed by atoms with van der Waals surface area (Å²) < 4.78 is 5.65. The van der Waals surface area contributed by atoms with E-state index in [-0.39, 0.29) is 12.1 Å². The van der Waals surface area contributed by atoms with E-state index in [2.05, 4.69) is 22.0 Å². The Balaban J connectivity index is 1.72. The SMILES string of the molecule is CN(C)CCC1OC(=O)Cc2cc3c(cc21)C(c1ccncc1)=NC3. The Hall–Kier alpha value is -2.53. The fourth-order valence-electron chi connectivity index (χ4n) is 3.53. The number of carbonyl (C=O) groups is 1. The van der Waals surface area contributed by atoms with E-state index < -0.39 is 0 Å². The van der Waals surface area contributed by atoms with Gasteiger partial charge in [-0.1, -0.05) is 6.07 Å². The lowest BCUT2D eigenvalue weighted by atomic mass is 9.89. The number of carbonyl (C=O) groups excluding carboxylic acids is 1. The second-order valence-corrected chi connectivity index (χ2v) is 6.86. The molecule has 3 heterocycles. The van der Waals surface area contributed by atoms with E-state index in [9.17, 15) is 4.79 Å². The molecule has 0 N–H and O–H groups in total. The lowest BCUT2D eigenvalue weighted by Crippen LogP contribution is -2.25. The summed E-state index contributed by atoms with van der Waals surface area (Å²) in [6, 6.07) is 8.29. The molecule has 1 atom stereocenters. The van der Waals surface area contributed by atoms with Gasteiger partial charge in [-0.2, -0.15) is 0 Å². The van der Waals surface area contributed by atoms with E-state index >= 15 is 0 Å². The van der Waals surface area contributed by atoms with E-state index in [1.54, 1.807) is 12.4 Å². The molecule has 25 heavy (non-hydrogen) atoms. The van der Waals surface area contributed by atoms with Crippen molar-refractivity contribution in [2.45, 2.75) is 25.5 Å². The van der Waals surface area contributed by atoms with Gasteiger partial charge in [-0.3, -0.25) is 14.8 Å². The zero-order valence-electron chi connectivity index (χ0n) is 14.5. The maximum Gasteiger partial charge on any atom is 0.310 e. The summed E-state index contributed by atoms with van der Waals surface area (Å²) in [6.45, 7) is 1.54. The van der Waals surface area contributed by atoms with E-state index in [0.717, 1.165) is 40.9 Å². The summed E-state index contributed by atoms with van der Waals surface area (Å²) in [4.78, 5) is 22.9. The van der Waals surface area contributed by atoms with E-state index in [0.29, 0.717) is 13.0 Å². The van der Waals surface area contributed by atoms with Crippen LogP contribution in [-0.2, 0) is 22.5 Å². The van der Waals surface area contributed by atoms with Crippen molar-refractivity contribution in [3.8, 4) is 0 Å². The van der Waals surface area contributed by atoms with Crippen LogP contribution in [0.25, 0.3) is 0 Å². The molecule has 0 spiro atoms. The minimum atomic E-state index is -0.178. The number of cyclic esters (lactones) is 1. The number of nitrogens with zero attached hydrogens (tertiary/aromatic N) is 3. The summed E-state index contributed by atoms with van der Waals surface area (Å²) in [5.74, 6) is -0.135. The van der Waals surface area contributed by atoms with Crippen molar-refractivity contribution < 1.29 is 9.53 Å². The van der Waals surface area contributed by atoms with Gasteiger partial charge >= 0.3 is 5.97 Å². The van der Waals surface area contributed by atoms with E-state index in [1.807, 2.05) is 26.2 Å². The third-order valence-electron chi connectivity index (χ3n) is 4.78. The minimum Gasteiger partial charge on any atom is -0.457 e. The summed E-state index contributed by atoms with van der Waals surface area (Å²) >= 11 is 0. The normalized spacial score (nSPS) is 18.6. The Morgan fingerprint density at radius 2 is 2.00 bits per heavy atom. The van der Waals surface area contributed by atoms with Gasteiger partial charge < -0.3 is 9.64 Å². The van der Waals surface area contributed by atoms with Crippen LogP contribution < -0.4 is 0 Å². The number of rotatable bonds is 4. The molecule has 1 aromatic carbocycles. The molecule has 0 fully saturated rings. The number of pyridine rings is 1. The van der Waals surface area contributed by atoms with Crippen LogP contribution in [0.4, 0.5) is 0 Å². The summed E-state index contributed by atoms with van der Waals surface area (Å²) in [6.07, 6.45) is 4.55. The van der Waals surface area contributed by atoms with Gasteiger partial charge in [0.2, 0.25) is 0 Å². The lowest BCUT2D eigenvalue weighted by molar-refractivity contribution is -0.150. The van der Waals surface area contributed by atoms with Crippen LogP contribution >= 0.6 is 0 Å². The number of hydrogen-bond acceptors (Lipinski definition) is 5. The quantitative estimate of drug-likeness (QED) is 0.806. The monoisotopic (exact) mass is 335 g/mol. The number of ether oxygens (including phenoxy) is 1. The molecule has 2 aromatic rings. The molecule has 5 nitrogen and oxygen atoms in total. The Bertz CT molecular complexity index is 844. The molecular formula is C20H21N3O2. The van der Waals surface area contributed by atoms with Gasteiger partial charge in [-0.25, -0.2) is 0 Å². The highest BCUT2D eigenvalue weighted by molar-refractivity contribution is 6.15. The van der Waals surface area contributed by atoms with Crippen LogP contribution in [0.15, 0.2) is 41.7 Å². The molecule has 5 heteroatoms. The van der Waals surface area contributed by atoms with Crippen molar-refractivity contribution in [3.63, 3.8) is 0 Å². The molecule has 1 unspecified atom stereocenters. The molecule has 4 rings (SSSR count). The number of fused-ring (bicyclic) bond motifs is 2. The molecule has 128 valence electrons. The molecule has 0 saturated carbocycles. The molecule has 0 amide bonds. The molecule has 0 aliphatic carbocycles. The summed E-state index contributed by atoms with van der Waals surface area (Å²) in [5.41, 5.74) is 6.63. The first-order chi connectivity index (χ1) is 12.1. The van der Waals surface area contributed by atoms with Crippen LogP contribution in [-0.4, -0.2) is 42.2 Å². The van der Waals surface area contributed by atoms with Gasteiger partial charge in [0.15, 0.2) is 0 Å². The maximum atomic E-state index is 12.0. The Morgan fingerprint density at radius 1 is 1.20 bits per heavy atom. The fraction of sp³-hybridized carbons (Fsp3) is 0.350. The van der Waals surface area contributed by atoms with Gasteiger partial charge in [0.25, 0.3) is 0 Å². The van der Waals surface area contributed by atoms with Gasteiger partial charge in [-0.15, -0.1) is 0 Å². The predicted molar refractivity (Wildman–Crippen MR) is 95.7 cm³/mol. The molecule has 1 aromatic heterocycles. The van der Waals surface area contributed by atoms with Crippen molar-refractivity contribution >= 4 is 11.7 Å². The minimum absolute atomic E-state index is 0.135. The summed E-state index contributed by atoms with van der Waals surface area (Å²) in [7, 11) is 4.06. The second-order valence-electron chi connectivity index (χ2n) is 6.86. The van der Waals surface area contributed by atoms with Gasteiger partial charge in [0, 0.05) is 36.5 Å².